The Hall–Kier alpha value is -2.73. The second-order valence-corrected chi connectivity index (χ2v) is 5.65. The molecule has 22 heavy (non-hydrogen) atoms. The highest BCUT2D eigenvalue weighted by Gasteiger charge is 2.16. The summed E-state index contributed by atoms with van der Waals surface area (Å²) in [5.41, 5.74) is 1.95. The smallest absolute Gasteiger partial charge is 0.235 e. The van der Waals surface area contributed by atoms with E-state index in [0.29, 0.717) is 5.82 Å². The summed E-state index contributed by atoms with van der Waals surface area (Å²) in [6.07, 6.45) is 0. The highest BCUT2D eigenvalue weighted by Crippen LogP contribution is 2.31. The summed E-state index contributed by atoms with van der Waals surface area (Å²) in [5.74, 6) is 1.44. The first kappa shape index (κ1) is 13.0. The van der Waals surface area contributed by atoms with Gasteiger partial charge in [0.05, 0.1) is 12.7 Å². The Morgan fingerprint density at radius 3 is 2.55 bits per heavy atom. The number of aromatic nitrogens is 4. The highest BCUT2D eigenvalue weighted by molar-refractivity contribution is 7.19. The third-order valence-electron chi connectivity index (χ3n) is 3.36. The third-order valence-corrected chi connectivity index (χ3v) is 4.31. The molecule has 0 unspecified atom stereocenters. The van der Waals surface area contributed by atoms with Gasteiger partial charge in [-0.2, -0.15) is 9.61 Å². The summed E-state index contributed by atoms with van der Waals surface area (Å²) < 4.78 is 7.17. The molecule has 0 aliphatic carbocycles. The maximum atomic E-state index is 5.40. The van der Waals surface area contributed by atoms with Crippen molar-refractivity contribution in [2.24, 2.45) is 0 Å². The summed E-state index contributed by atoms with van der Waals surface area (Å²) in [6.45, 7) is 0. The number of methoxy groups -OCH3 is 1. The Morgan fingerprint density at radius 1 is 0.955 bits per heavy atom. The second kappa shape index (κ2) is 5.23. The number of nitrogens with zero attached hydrogens (tertiary/aromatic N) is 4. The zero-order valence-corrected chi connectivity index (χ0v) is 12.6. The number of ether oxygens (including phenoxy) is 1. The van der Waals surface area contributed by atoms with Crippen LogP contribution >= 0.6 is 11.3 Å². The minimum absolute atomic E-state index is 0.686. The molecule has 108 valence electrons. The summed E-state index contributed by atoms with van der Waals surface area (Å²) in [7, 11) is 1.65. The van der Waals surface area contributed by atoms with Crippen LogP contribution in [-0.4, -0.2) is 26.9 Å². The molecule has 4 rings (SSSR count). The van der Waals surface area contributed by atoms with E-state index in [2.05, 4.69) is 15.3 Å². The van der Waals surface area contributed by atoms with Crippen LogP contribution in [0, 0.1) is 0 Å². The van der Waals surface area contributed by atoms with Crippen molar-refractivity contribution in [3.63, 3.8) is 0 Å². The molecule has 0 aliphatic rings. The first-order chi connectivity index (χ1) is 10.9. The summed E-state index contributed by atoms with van der Waals surface area (Å²) in [4.78, 5) is 0.764. The van der Waals surface area contributed by atoms with Gasteiger partial charge in [0.25, 0.3) is 0 Å². The fraction of sp³-hybridized carbons (Fsp3) is 0.0625. The maximum Gasteiger partial charge on any atom is 0.235 e. The Bertz CT molecular complexity index is 930. The minimum Gasteiger partial charge on any atom is -0.496 e. The molecule has 2 heterocycles. The Kier molecular flexibility index (Phi) is 3.08. The summed E-state index contributed by atoms with van der Waals surface area (Å²) in [5, 5.41) is 14.0. The van der Waals surface area contributed by atoms with E-state index in [0.717, 1.165) is 26.8 Å². The lowest BCUT2D eigenvalue weighted by Crippen LogP contribution is -1.94. The first-order valence-corrected chi connectivity index (χ1v) is 7.59. The van der Waals surface area contributed by atoms with E-state index in [-0.39, 0.29) is 0 Å². The number of benzene rings is 2. The molecule has 0 amide bonds. The van der Waals surface area contributed by atoms with Gasteiger partial charge in [-0.05, 0) is 12.1 Å². The van der Waals surface area contributed by atoms with Crippen molar-refractivity contribution in [1.29, 1.82) is 0 Å². The quantitative estimate of drug-likeness (QED) is 0.581. The van der Waals surface area contributed by atoms with Gasteiger partial charge in [0, 0.05) is 5.56 Å². The van der Waals surface area contributed by atoms with Gasteiger partial charge < -0.3 is 4.74 Å². The monoisotopic (exact) mass is 308 g/mol. The molecule has 2 aromatic carbocycles. The van der Waals surface area contributed by atoms with Crippen LogP contribution < -0.4 is 4.74 Å². The second-order valence-electron chi connectivity index (χ2n) is 4.69. The molecule has 0 spiro atoms. The number of rotatable bonds is 3. The van der Waals surface area contributed by atoms with E-state index in [1.165, 1.54) is 11.3 Å². The average Bonchev–Trinajstić information content (AvgIpc) is 3.16. The number of hydrogen-bond acceptors (Lipinski definition) is 5. The molecular formula is C16H12N4OS. The fourth-order valence-electron chi connectivity index (χ4n) is 2.31. The van der Waals surface area contributed by atoms with E-state index < -0.39 is 0 Å². The molecule has 0 fully saturated rings. The van der Waals surface area contributed by atoms with Crippen LogP contribution in [-0.2, 0) is 0 Å². The van der Waals surface area contributed by atoms with Gasteiger partial charge in [-0.1, -0.05) is 53.8 Å². The van der Waals surface area contributed by atoms with Gasteiger partial charge in [0.1, 0.15) is 10.8 Å². The molecule has 2 aromatic heterocycles. The third kappa shape index (κ3) is 2.05. The summed E-state index contributed by atoms with van der Waals surface area (Å²) >= 11 is 1.52. The molecule has 0 radical (unpaired) electrons. The first-order valence-electron chi connectivity index (χ1n) is 6.78. The Balaban J connectivity index is 1.88. The fourth-order valence-corrected chi connectivity index (χ4v) is 3.16. The van der Waals surface area contributed by atoms with Crippen LogP contribution in [0.25, 0.3) is 26.9 Å². The van der Waals surface area contributed by atoms with Crippen molar-refractivity contribution in [2.45, 2.75) is 0 Å². The molecular weight excluding hydrogens is 296 g/mol. The molecule has 0 N–H and O–H groups in total. The zero-order chi connectivity index (χ0) is 14.9. The van der Waals surface area contributed by atoms with E-state index in [1.807, 2.05) is 54.6 Å². The predicted octanol–water partition coefficient (Wildman–Crippen LogP) is 3.53. The number of hydrogen-bond donors (Lipinski definition) is 0. The molecule has 0 aliphatic heterocycles. The zero-order valence-electron chi connectivity index (χ0n) is 11.8. The largest absolute Gasteiger partial charge is 0.496 e. The lowest BCUT2D eigenvalue weighted by molar-refractivity contribution is 0.416. The number of para-hydroxylation sites is 1. The SMILES string of the molecule is COc1ccccc1-c1nnc2sc(-c3ccccc3)nn12. The number of fused-ring (bicyclic) bond motifs is 1. The van der Waals surface area contributed by atoms with Gasteiger partial charge in [0.15, 0.2) is 5.82 Å². The van der Waals surface area contributed by atoms with Gasteiger partial charge in [0.2, 0.25) is 4.96 Å². The van der Waals surface area contributed by atoms with Gasteiger partial charge >= 0.3 is 0 Å². The lowest BCUT2D eigenvalue weighted by Gasteiger charge is -2.04. The average molecular weight is 308 g/mol. The van der Waals surface area contributed by atoms with Gasteiger partial charge in [-0.25, -0.2) is 0 Å². The van der Waals surface area contributed by atoms with Crippen LogP contribution in [0.15, 0.2) is 54.6 Å². The molecule has 6 heteroatoms. The Morgan fingerprint density at radius 2 is 1.73 bits per heavy atom. The van der Waals surface area contributed by atoms with Crippen molar-refractivity contribution in [3.05, 3.63) is 54.6 Å². The molecule has 0 atom stereocenters. The van der Waals surface area contributed by atoms with Crippen LogP contribution in [0.5, 0.6) is 5.75 Å². The topological polar surface area (TPSA) is 52.3 Å². The van der Waals surface area contributed by atoms with Crippen LogP contribution in [0.1, 0.15) is 0 Å². The highest BCUT2D eigenvalue weighted by atomic mass is 32.1. The minimum atomic E-state index is 0.686. The maximum absolute atomic E-state index is 5.40. The van der Waals surface area contributed by atoms with Crippen molar-refractivity contribution in [3.8, 4) is 27.7 Å². The van der Waals surface area contributed by atoms with Gasteiger partial charge in [-0.15, -0.1) is 10.2 Å². The standard InChI is InChI=1S/C16H12N4OS/c1-21-13-10-6-5-9-12(13)14-17-18-16-20(14)19-15(22-16)11-7-3-2-4-8-11/h2-10H,1H3. The van der Waals surface area contributed by atoms with E-state index >= 15 is 0 Å². The van der Waals surface area contributed by atoms with E-state index in [4.69, 9.17) is 4.74 Å². The van der Waals surface area contributed by atoms with Crippen molar-refractivity contribution >= 4 is 16.3 Å². The van der Waals surface area contributed by atoms with E-state index in [1.54, 1.807) is 11.6 Å². The van der Waals surface area contributed by atoms with Crippen LogP contribution in [0.3, 0.4) is 0 Å². The molecule has 5 nitrogen and oxygen atoms in total. The van der Waals surface area contributed by atoms with Gasteiger partial charge in [-0.3, -0.25) is 0 Å². The molecule has 0 bridgehead atoms. The molecule has 4 aromatic rings. The van der Waals surface area contributed by atoms with E-state index in [9.17, 15) is 0 Å². The van der Waals surface area contributed by atoms with Crippen LogP contribution in [0.4, 0.5) is 0 Å². The summed E-state index contributed by atoms with van der Waals surface area (Å²) in [6, 6.07) is 17.8. The molecule has 0 saturated heterocycles. The van der Waals surface area contributed by atoms with Crippen molar-refractivity contribution in [1.82, 2.24) is 19.8 Å². The van der Waals surface area contributed by atoms with Crippen LogP contribution in [0.2, 0.25) is 0 Å². The van der Waals surface area contributed by atoms with Crippen molar-refractivity contribution < 1.29 is 4.74 Å². The van der Waals surface area contributed by atoms with Crippen molar-refractivity contribution in [2.75, 3.05) is 7.11 Å². The molecule has 0 saturated carbocycles. The Labute approximate surface area is 130 Å². The lowest BCUT2D eigenvalue weighted by atomic mass is 10.2. The normalized spacial score (nSPS) is 11.0. The predicted molar refractivity (Wildman–Crippen MR) is 86.1 cm³/mol.